The molecule has 1 spiro atoms. The zero-order valence-electron chi connectivity index (χ0n) is 14.0. The lowest BCUT2D eigenvalue weighted by atomic mass is 9.77. The van der Waals surface area contributed by atoms with Crippen molar-refractivity contribution in [2.24, 2.45) is 0 Å². The van der Waals surface area contributed by atoms with Gasteiger partial charge in [-0.3, -0.25) is 0 Å². The summed E-state index contributed by atoms with van der Waals surface area (Å²) in [5.74, 6) is 0. The minimum atomic E-state index is -0.231. The Hall–Kier alpha value is -2.12. The summed E-state index contributed by atoms with van der Waals surface area (Å²) in [6.07, 6.45) is 13.2. The molecule has 1 N–H and O–H groups in total. The van der Waals surface area contributed by atoms with Crippen molar-refractivity contribution in [2.75, 3.05) is 0 Å². The van der Waals surface area contributed by atoms with Crippen LogP contribution in [0.3, 0.4) is 0 Å². The van der Waals surface area contributed by atoms with E-state index in [0.29, 0.717) is 5.41 Å². The number of aliphatic hydroxyl groups is 1. The normalized spacial score (nSPS) is 22.0. The van der Waals surface area contributed by atoms with Crippen molar-refractivity contribution in [3.05, 3.63) is 95.1 Å². The summed E-state index contributed by atoms with van der Waals surface area (Å²) < 4.78 is 0. The van der Waals surface area contributed by atoms with Gasteiger partial charge in [0.05, 0.1) is 6.10 Å². The summed E-state index contributed by atoms with van der Waals surface area (Å²) in [4.78, 5) is 0. The van der Waals surface area contributed by atoms with Crippen molar-refractivity contribution < 1.29 is 5.11 Å². The molecule has 122 valence electrons. The Morgan fingerprint density at radius 1 is 0.792 bits per heavy atom. The van der Waals surface area contributed by atoms with Gasteiger partial charge in [0.1, 0.15) is 0 Å². The van der Waals surface area contributed by atoms with Gasteiger partial charge in [-0.15, -0.1) is 0 Å². The Labute approximate surface area is 144 Å². The van der Waals surface area contributed by atoms with Crippen LogP contribution < -0.4 is 0 Å². The average Bonchev–Trinajstić information content (AvgIpc) is 3.20. The van der Waals surface area contributed by atoms with Crippen molar-refractivity contribution in [2.45, 2.75) is 43.6 Å². The molecular formula is C23H24O. The lowest BCUT2D eigenvalue weighted by Gasteiger charge is -2.26. The van der Waals surface area contributed by atoms with Gasteiger partial charge < -0.3 is 5.11 Å². The maximum Gasteiger partial charge on any atom is 0.0758 e. The molecule has 1 nitrogen and oxygen atoms in total. The molecule has 0 heterocycles. The van der Waals surface area contributed by atoms with Crippen molar-refractivity contribution in [1.29, 1.82) is 0 Å². The predicted octanol–water partition coefficient (Wildman–Crippen LogP) is 4.73. The Balaban J connectivity index is 0.000000177. The van der Waals surface area contributed by atoms with E-state index in [0.717, 1.165) is 6.42 Å². The van der Waals surface area contributed by atoms with Crippen LogP contribution in [-0.4, -0.2) is 11.2 Å². The lowest BCUT2D eigenvalue weighted by molar-refractivity contribution is 0.225. The van der Waals surface area contributed by atoms with Gasteiger partial charge in [0.15, 0.2) is 0 Å². The number of allylic oxidation sites excluding steroid dienone is 2. The quantitative estimate of drug-likeness (QED) is 0.745. The molecule has 0 aliphatic heterocycles. The summed E-state index contributed by atoms with van der Waals surface area (Å²) in [6, 6.07) is 18.1. The van der Waals surface area contributed by atoms with Crippen molar-refractivity contribution in [3.63, 3.8) is 0 Å². The highest BCUT2D eigenvalue weighted by Gasteiger charge is 2.43. The number of hydrogen-bond donors (Lipinski definition) is 1. The number of fused-ring (bicyclic) bond motifs is 4. The van der Waals surface area contributed by atoms with E-state index in [9.17, 15) is 0 Å². The lowest BCUT2D eigenvalue weighted by Crippen LogP contribution is -2.20. The number of aliphatic hydroxyl groups excluding tert-OH is 1. The third-order valence-corrected chi connectivity index (χ3v) is 5.67. The summed E-state index contributed by atoms with van der Waals surface area (Å²) in [6.45, 7) is 0. The Kier molecular flexibility index (Phi) is 4.12. The molecule has 0 bridgehead atoms. The topological polar surface area (TPSA) is 20.2 Å². The molecule has 0 saturated heterocycles. The van der Waals surface area contributed by atoms with Crippen LogP contribution in [0.5, 0.6) is 0 Å². The molecule has 1 atom stereocenters. The van der Waals surface area contributed by atoms with Crippen molar-refractivity contribution >= 4 is 0 Å². The molecule has 1 heteroatoms. The van der Waals surface area contributed by atoms with E-state index in [-0.39, 0.29) is 6.10 Å². The molecule has 5 rings (SSSR count). The third kappa shape index (κ3) is 2.63. The van der Waals surface area contributed by atoms with E-state index in [1.165, 1.54) is 25.7 Å². The van der Waals surface area contributed by atoms with E-state index < -0.39 is 0 Å². The van der Waals surface area contributed by atoms with Crippen LogP contribution >= 0.6 is 0 Å². The molecule has 0 aromatic heterocycles. The smallest absolute Gasteiger partial charge is 0.0758 e. The van der Waals surface area contributed by atoms with Crippen LogP contribution in [0.1, 0.15) is 41.5 Å². The van der Waals surface area contributed by atoms with Crippen LogP contribution in [0.4, 0.5) is 0 Å². The average molecular weight is 316 g/mol. The monoisotopic (exact) mass is 316 g/mol. The SMILES string of the molecule is OC1C=CC=CC1.c1ccc2c(c1)CCC21CCc2ccccc21. The predicted molar refractivity (Wildman–Crippen MR) is 99.2 cm³/mol. The van der Waals surface area contributed by atoms with Crippen LogP contribution in [-0.2, 0) is 18.3 Å². The second kappa shape index (κ2) is 6.41. The summed E-state index contributed by atoms with van der Waals surface area (Å²) in [7, 11) is 0. The first-order valence-electron chi connectivity index (χ1n) is 8.98. The number of benzene rings is 2. The molecule has 0 radical (unpaired) electrons. The van der Waals surface area contributed by atoms with Crippen LogP contribution in [0.25, 0.3) is 0 Å². The minimum absolute atomic E-state index is 0.231. The highest BCUT2D eigenvalue weighted by molar-refractivity contribution is 5.53. The zero-order chi connectivity index (χ0) is 16.4. The Bertz CT molecular complexity index is 731. The number of hydrogen-bond acceptors (Lipinski definition) is 1. The van der Waals surface area contributed by atoms with E-state index in [1.54, 1.807) is 28.3 Å². The van der Waals surface area contributed by atoms with Gasteiger partial charge in [-0.2, -0.15) is 0 Å². The number of aryl methyl sites for hydroxylation is 2. The molecule has 0 amide bonds. The molecule has 0 fully saturated rings. The minimum Gasteiger partial charge on any atom is -0.389 e. The van der Waals surface area contributed by atoms with E-state index in [2.05, 4.69) is 48.5 Å². The van der Waals surface area contributed by atoms with Gasteiger partial charge in [0, 0.05) is 5.41 Å². The van der Waals surface area contributed by atoms with Crippen LogP contribution in [0.2, 0.25) is 0 Å². The third-order valence-electron chi connectivity index (χ3n) is 5.67. The maximum atomic E-state index is 8.77. The van der Waals surface area contributed by atoms with Gasteiger partial charge in [-0.25, -0.2) is 0 Å². The second-order valence-electron chi connectivity index (χ2n) is 7.01. The van der Waals surface area contributed by atoms with Gasteiger partial charge in [-0.05, 0) is 54.4 Å². The molecule has 2 aromatic carbocycles. The highest BCUT2D eigenvalue weighted by Crippen LogP contribution is 2.51. The van der Waals surface area contributed by atoms with Crippen molar-refractivity contribution in [3.8, 4) is 0 Å². The van der Waals surface area contributed by atoms with Gasteiger partial charge in [0.2, 0.25) is 0 Å². The molecule has 3 aliphatic rings. The van der Waals surface area contributed by atoms with Gasteiger partial charge in [-0.1, -0.05) is 72.8 Å². The number of rotatable bonds is 0. The fourth-order valence-corrected chi connectivity index (χ4v) is 4.48. The van der Waals surface area contributed by atoms with Crippen LogP contribution in [0.15, 0.2) is 72.8 Å². The fraction of sp³-hybridized carbons (Fsp3) is 0.304. The van der Waals surface area contributed by atoms with E-state index in [4.69, 9.17) is 5.11 Å². The van der Waals surface area contributed by atoms with Crippen molar-refractivity contribution in [1.82, 2.24) is 0 Å². The first kappa shape index (κ1) is 15.4. The van der Waals surface area contributed by atoms with Gasteiger partial charge in [0.25, 0.3) is 0 Å². The summed E-state index contributed by atoms with van der Waals surface area (Å²) >= 11 is 0. The van der Waals surface area contributed by atoms with E-state index in [1.807, 2.05) is 18.2 Å². The molecule has 0 saturated carbocycles. The fourth-order valence-electron chi connectivity index (χ4n) is 4.48. The molecule has 3 aliphatic carbocycles. The molecular weight excluding hydrogens is 292 g/mol. The standard InChI is InChI=1S/C17H16.C6H8O/c1-3-7-15-13(5-1)9-11-17(15)12-10-14-6-2-4-8-16(14)17;7-6-4-2-1-3-5-6/h1-8H,9-12H2;1-4,6-7H,5H2. The Morgan fingerprint density at radius 2 is 1.38 bits per heavy atom. The maximum absolute atomic E-state index is 8.77. The molecule has 1 unspecified atom stereocenters. The summed E-state index contributed by atoms with van der Waals surface area (Å²) in [5, 5.41) is 8.77. The first-order chi connectivity index (χ1) is 11.8. The molecule has 24 heavy (non-hydrogen) atoms. The van der Waals surface area contributed by atoms with Gasteiger partial charge >= 0.3 is 0 Å². The Morgan fingerprint density at radius 3 is 1.83 bits per heavy atom. The zero-order valence-corrected chi connectivity index (χ0v) is 14.0. The second-order valence-corrected chi connectivity index (χ2v) is 7.01. The molecule has 2 aromatic rings. The van der Waals surface area contributed by atoms with E-state index >= 15 is 0 Å². The van der Waals surface area contributed by atoms with Crippen LogP contribution in [0, 0.1) is 0 Å². The summed E-state index contributed by atoms with van der Waals surface area (Å²) in [5.41, 5.74) is 6.70. The highest BCUT2D eigenvalue weighted by atomic mass is 16.3. The first-order valence-corrected chi connectivity index (χ1v) is 8.98. The largest absolute Gasteiger partial charge is 0.389 e.